The first-order chi connectivity index (χ1) is 23.3. The number of ether oxygens (including phenoxy) is 2. The van der Waals surface area contributed by atoms with Crippen molar-refractivity contribution in [3.05, 3.63) is 66.2 Å². The molecule has 0 radical (unpaired) electrons. The summed E-state index contributed by atoms with van der Waals surface area (Å²) in [7, 11) is -23.9. The molecule has 2 saturated heterocycles. The van der Waals surface area contributed by atoms with E-state index in [2.05, 4.69) is 17.5 Å². The highest BCUT2D eigenvalue weighted by Crippen LogP contribution is 2.70. The average Bonchev–Trinajstić information content (AvgIpc) is 3.40. The molecule has 0 saturated carbocycles. The highest BCUT2D eigenvalue weighted by Gasteiger charge is 2.51. The normalized spacial score (nSPS) is 30.7. The van der Waals surface area contributed by atoms with Gasteiger partial charge in [0.25, 0.3) is 11.1 Å². The maximum absolute atomic E-state index is 11.9. The van der Waals surface area contributed by atoms with Gasteiger partial charge in [0, 0.05) is 24.5 Å². The van der Waals surface area contributed by atoms with E-state index in [0.717, 1.165) is 29.1 Å². The van der Waals surface area contributed by atoms with Gasteiger partial charge in [0.15, 0.2) is 18.7 Å². The fourth-order valence-electron chi connectivity index (χ4n) is 4.16. The molecule has 0 aliphatic carbocycles. The van der Waals surface area contributed by atoms with Crippen molar-refractivity contribution in [3.8, 4) is 0 Å². The van der Waals surface area contributed by atoms with E-state index >= 15 is 0 Å². The second-order valence-corrected chi connectivity index (χ2v) is 15.8. The molecular formula is C18H28N4O25P4. The number of H-pyrrole nitrogens is 2. The van der Waals surface area contributed by atoms with E-state index in [1.165, 1.54) is 0 Å². The fraction of sp³-hybridized carbons (Fsp3) is 0.556. The van der Waals surface area contributed by atoms with Crippen molar-refractivity contribution in [1.29, 1.82) is 0 Å². The topological polar surface area (TPSA) is 456 Å². The van der Waals surface area contributed by atoms with Crippen LogP contribution in [0.2, 0.25) is 0 Å². The Morgan fingerprint density at radius 3 is 1.55 bits per heavy atom. The summed E-state index contributed by atoms with van der Waals surface area (Å²) in [5, 5.41) is 58.0. The number of phosphoric acid groups is 4. The van der Waals surface area contributed by atoms with Gasteiger partial charge in [-0.15, -0.1) is 0 Å². The largest absolute Gasteiger partial charge is 0.490 e. The summed E-state index contributed by atoms with van der Waals surface area (Å²) in [6.07, 6.45) is -13.5. The molecule has 4 heterocycles. The van der Waals surface area contributed by atoms with Crippen LogP contribution in [-0.2, 0) is 45.2 Å². The summed E-state index contributed by atoms with van der Waals surface area (Å²) in [5.74, 6) is 0. The van der Waals surface area contributed by atoms with E-state index in [1.807, 2.05) is 4.98 Å². The first kappa shape index (κ1) is 43.0. The number of aliphatic hydroxyl groups is 6. The maximum Gasteiger partial charge on any atom is 0.490 e. The Morgan fingerprint density at radius 2 is 1.12 bits per heavy atom. The summed E-state index contributed by atoms with van der Waals surface area (Å²) in [5.41, 5.74) is -3.28. The van der Waals surface area contributed by atoms with Crippen LogP contribution in [-0.4, -0.2) is 124 Å². The van der Waals surface area contributed by atoms with Gasteiger partial charge in [-0.05, 0) is 0 Å². The van der Waals surface area contributed by atoms with Crippen molar-refractivity contribution in [2.45, 2.75) is 55.4 Å². The van der Waals surface area contributed by atoms with Gasteiger partial charge in [0.2, 0.25) is 0 Å². The molecule has 2 aromatic heterocycles. The third-order valence-corrected chi connectivity index (χ3v) is 11.6. The molecule has 0 spiro atoms. The minimum absolute atomic E-state index is 0.479. The molecule has 4 rings (SSSR count). The van der Waals surface area contributed by atoms with Crippen LogP contribution in [0.3, 0.4) is 0 Å². The van der Waals surface area contributed by atoms with Gasteiger partial charge in [-0.25, -0.2) is 27.8 Å². The van der Waals surface area contributed by atoms with Gasteiger partial charge in [-0.1, -0.05) is 0 Å². The van der Waals surface area contributed by atoms with Crippen LogP contribution in [0.25, 0.3) is 0 Å². The molecule has 0 bridgehead atoms. The molecule has 51 heavy (non-hydrogen) atoms. The SMILES string of the molecule is O=c1ccn([C@@H]2O[C@H](C(O)OP(=O)(O)OP(=O)(O)OP(=O)(O)OP(=O)(O)O)[C@@H](O)[C@H]2O)c(=O)[nH]1.O=c1ccn([C@@H]2O[C@H](CO)[C@@H](O)[C@H]2O)c(=O)[nH]1. The molecule has 2 fully saturated rings. The minimum Gasteiger partial charge on any atom is -0.394 e. The lowest BCUT2D eigenvalue weighted by Crippen LogP contribution is -2.40. The van der Waals surface area contributed by atoms with Gasteiger partial charge in [-0.2, -0.15) is 12.9 Å². The van der Waals surface area contributed by atoms with Crippen molar-refractivity contribution < 1.29 is 100 Å². The van der Waals surface area contributed by atoms with Crippen molar-refractivity contribution in [1.82, 2.24) is 19.1 Å². The molecule has 33 heteroatoms. The monoisotopic (exact) mass is 824 g/mol. The molecule has 290 valence electrons. The van der Waals surface area contributed by atoms with E-state index in [4.69, 9.17) is 29.3 Å². The molecule has 2 aliphatic heterocycles. The number of nitrogens with one attached hydrogen (secondary N) is 2. The highest BCUT2D eigenvalue weighted by atomic mass is 31.3. The first-order valence-electron chi connectivity index (χ1n) is 13.1. The fourth-order valence-corrected chi connectivity index (χ4v) is 8.64. The summed E-state index contributed by atoms with van der Waals surface area (Å²) in [6, 6.07) is 1.92. The molecular weight excluding hydrogens is 796 g/mol. The Balaban J connectivity index is 0.000000343. The number of hydrogen-bond donors (Lipinski definition) is 13. The van der Waals surface area contributed by atoms with E-state index in [9.17, 15) is 72.8 Å². The van der Waals surface area contributed by atoms with Crippen LogP contribution in [0.5, 0.6) is 0 Å². The van der Waals surface area contributed by atoms with E-state index < -0.39 is 116 Å². The molecule has 2 aliphatic rings. The summed E-state index contributed by atoms with van der Waals surface area (Å²) >= 11 is 0. The Bertz CT molecular complexity index is 1970. The lowest BCUT2D eigenvalue weighted by atomic mass is 10.1. The predicted molar refractivity (Wildman–Crippen MR) is 153 cm³/mol. The van der Waals surface area contributed by atoms with Crippen molar-refractivity contribution in [3.63, 3.8) is 0 Å². The lowest BCUT2D eigenvalue weighted by molar-refractivity contribution is -0.161. The standard InChI is InChI=1S/C9H16N2O19P4.C9H12N2O6/c12-3-1-2-11(9(16)10-3)7-5(14)4(13)6(26-7)8(15)27-32(20,21)29-34(24,25)30-33(22,23)28-31(17,18)19;12-3-4-6(14)7(15)8(17-4)11-2-1-5(13)10-9(11)16/h1-2,4-8,13-15H,(H,20,21)(H,22,23)(H,24,25)(H,10,12,16)(H2,17,18,19);1-2,4,6-8,12,14-15H,3H2,(H,10,13,16)/t4-,5+,6-,7+,8?;4-,6-,7-,8-/m01/s1. The van der Waals surface area contributed by atoms with Crippen LogP contribution >= 0.6 is 31.3 Å². The third-order valence-electron chi connectivity index (χ3n) is 6.19. The highest BCUT2D eigenvalue weighted by molar-refractivity contribution is 7.69. The second-order valence-electron chi connectivity index (χ2n) is 9.87. The van der Waals surface area contributed by atoms with Crippen molar-refractivity contribution >= 4 is 31.3 Å². The quantitative estimate of drug-likeness (QED) is 0.0700. The Hall–Kier alpha value is -2.40. The third kappa shape index (κ3) is 11.5. The number of phosphoric ester groups is 1. The van der Waals surface area contributed by atoms with Crippen LogP contribution in [0, 0.1) is 0 Å². The zero-order valence-corrected chi connectivity index (χ0v) is 28.1. The summed E-state index contributed by atoms with van der Waals surface area (Å²) < 4.78 is 71.1. The number of hydrogen-bond acceptors (Lipinski definition) is 20. The Morgan fingerprint density at radius 1 is 0.686 bits per heavy atom. The van der Waals surface area contributed by atoms with Crippen LogP contribution < -0.4 is 22.5 Å². The van der Waals surface area contributed by atoms with Gasteiger partial charge in [-0.3, -0.25) is 33.2 Å². The molecule has 4 unspecified atom stereocenters. The smallest absolute Gasteiger partial charge is 0.394 e. The zero-order valence-electron chi connectivity index (χ0n) is 24.5. The lowest BCUT2D eigenvalue weighted by Gasteiger charge is -2.24. The number of rotatable bonds is 12. The van der Waals surface area contributed by atoms with Gasteiger partial charge in [0.1, 0.15) is 36.6 Å². The average molecular weight is 824 g/mol. The predicted octanol–water partition coefficient (Wildman–Crippen LogP) is -5.92. The molecule has 29 nitrogen and oxygen atoms in total. The Kier molecular flexibility index (Phi) is 13.8. The van der Waals surface area contributed by atoms with E-state index in [1.54, 1.807) is 4.98 Å². The van der Waals surface area contributed by atoms with Crippen molar-refractivity contribution in [2.75, 3.05) is 6.61 Å². The summed E-state index contributed by atoms with van der Waals surface area (Å²) in [4.78, 5) is 93.6. The summed E-state index contributed by atoms with van der Waals surface area (Å²) in [6.45, 7) is -0.479. The van der Waals surface area contributed by atoms with Crippen molar-refractivity contribution in [2.24, 2.45) is 0 Å². The molecule has 0 amide bonds. The van der Waals surface area contributed by atoms with Crippen LogP contribution in [0.4, 0.5) is 0 Å². The van der Waals surface area contributed by atoms with Gasteiger partial charge >= 0.3 is 42.7 Å². The van der Waals surface area contributed by atoms with Crippen LogP contribution in [0.15, 0.2) is 43.7 Å². The maximum atomic E-state index is 11.9. The molecule has 0 aromatic carbocycles. The van der Waals surface area contributed by atoms with E-state index in [-0.39, 0.29) is 0 Å². The molecule has 13 N–H and O–H groups in total. The van der Waals surface area contributed by atoms with Crippen LogP contribution in [0.1, 0.15) is 12.5 Å². The number of nitrogens with zero attached hydrogens (tertiary/aromatic N) is 2. The van der Waals surface area contributed by atoms with Gasteiger partial charge in [0.05, 0.1) is 6.61 Å². The zero-order chi connectivity index (χ0) is 38.9. The van der Waals surface area contributed by atoms with Gasteiger partial charge < -0.3 is 64.6 Å². The second kappa shape index (κ2) is 16.3. The number of aromatic nitrogens is 4. The molecule has 2 aromatic rings. The number of aliphatic hydroxyl groups excluding tert-OH is 6. The number of aromatic amines is 2. The Labute approximate surface area is 279 Å². The van der Waals surface area contributed by atoms with E-state index in [0.29, 0.717) is 4.57 Å². The first-order valence-corrected chi connectivity index (χ1v) is 19.1. The molecule has 12 atom stereocenters. The minimum atomic E-state index is -6.17.